The van der Waals surface area contributed by atoms with Crippen molar-refractivity contribution in [2.24, 2.45) is 9.63 Å². The van der Waals surface area contributed by atoms with Crippen LogP contribution in [-0.4, -0.2) is 4.21 Å². The Kier molecular flexibility index (Phi) is 1.83. The van der Waals surface area contributed by atoms with Gasteiger partial charge in [-0.1, -0.05) is 22.7 Å². The van der Waals surface area contributed by atoms with E-state index in [0.29, 0.717) is 0 Å². The fraction of sp³-hybridized carbons (Fsp3) is 0. The van der Waals surface area contributed by atoms with E-state index in [9.17, 15) is 4.21 Å². The van der Waals surface area contributed by atoms with Crippen LogP contribution in [0.5, 0.6) is 0 Å². The van der Waals surface area contributed by atoms with E-state index >= 15 is 0 Å². The molecule has 1 aliphatic heterocycles. The molecule has 1 aliphatic rings. The molecule has 0 amide bonds. The number of nitrogens with zero attached hydrogens (tertiary/aromatic N) is 2. The largest absolute Gasteiger partial charge is 0.228 e. The summed E-state index contributed by atoms with van der Waals surface area (Å²) in [7, 11) is -1.34. The van der Waals surface area contributed by atoms with Crippen LogP contribution >= 0.6 is 0 Å². The van der Waals surface area contributed by atoms with Crippen LogP contribution in [0.25, 0.3) is 6.08 Å². The Balaban J connectivity index is 2.64. The Morgan fingerprint density at radius 1 is 1.25 bits per heavy atom. The van der Waals surface area contributed by atoms with Crippen molar-refractivity contribution >= 4 is 17.1 Å². The van der Waals surface area contributed by atoms with E-state index < -0.39 is 11.0 Å². The Morgan fingerprint density at radius 3 is 3.00 bits per heavy atom. The van der Waals surface area contributed by atoms with E-state index in [0.717, 1.165) is 10.5 Å². The van der Waals surface area contributed by atoms with Crippen LogP contribution < -0.4 is 0 Å². The third-order valence-corrected chi connectivity index (χ3v) is 2.54. The zero-order valence-corrected chi connectivity index (χ0v) is 6.99. The van der Waals surface area contributed by atoms with Crippen molar-refractivity contribution in [1.29, 1.82) is 0 Å². The lowest BCUT2D eigenvalue weighted by Crippen LogP contribution is -1.87. The predicted octanol–water partition coefficient (Wildman–Crippen LogP) is 2.15. The predicted molar refractivity (Wildman–Crippen MR) is 46.7 cm³/mol. The standard InChI is InChI=1S/C8H6N2OS/c11-12-8-4-2-1-3-7(8)5-6-9-10-12/h1-6H. The molecular formula is C8H6N2OS. The zero-order valence-electron chi connectivity index (χ0n) is 6.18. The van der Waals surface area contributed by atoms with Gasteiger partial charge in [-0.15, -0.1) is 5.11 Å². The van der Waals surface area contributed by atoms with Crippen LogP contribution in [0.1, 0.15) is 5.56 Å². The number of rotatable bonds is 0. The first-order valence-corrected chi connectivity index (χ1v) is 4.57. The topological polar surface area (TPSA) is 41.8 Å². The van der Waals surface area contributed by atoms with Crippen molar-refractivity contribution < 1.29 is 4.21 Å². The average molecular weight is 178 g/mol. The van der Waals surface area contributed by atoms with Gasteiger partial charge < -0.3 is 0 Å². The van der Waals surface area contributed by atoms with Gasteiger partial charge in [0.05, 0.1) is 11.1 Å². The molecule has 4 heteroatoms. The molecule has 0 fully saturated rings. The second-order valence-corrected chi connectivity index (χ2v) is 3.40. The summed E-state index contributed by atoms with van der Waals surface area (Å²) in [6.07, 6.45) is 3.34. The lowest BCUT2D eigenvalue weighted by Gasteiger charge is -1.97. The summed E-state index contributed by atoms with van der Waals surface area (Å²) in [4.78, 5) is 0.718. The molecule has 0 aliphatic carbocycles. The highest BCUT2D eigenvalue weighted by Gasteiger charge is 2.07. The first kappa shape index (κ1) is 7.36. The van der Waals surface area contributed by atoms with Crippen LogP contribution in [0.3, 0.4) is 0 Å². The highest BCUT2D eigenvalue weighted by atomic mass is 32.2. The first-order chi connectivity index (χ1) is 5.88. The third-order valence-electron chi connectivity index (χ3n) is 1.55. The second-order valence-electron chi connectivity index (χ2n) is 2.30. The zero-order chi connectivity index (χ0) is 8.39. The molecule has 2 rings (SSSR count). The van der Waals surface area contributed by atoms with Crippen LogP contribution in [0.15, 0.2) is 45.0 Å². The molecule has 0 spiro atoms. The summed E-state index contributed by atoms with van der Waals surface area (Å²) in [5, 5.41) is 3.61. The van der Waals surface area contributed by atoms with Crippen molar-refractivity contribution in [2.75, 3.05) is 0 Å². The molecule has 1 atom stereocenters. The van der Waals surface area contributed by atoms with Gasteiger partial charge in [-0.05, 0) is 17.7 Å². The van der Waals surface area contributed by atoms with Crippen molar-refractivity contribution in [3.63, 3.8) is 0 Å². The average Bonchev–Trinajstić information content (AvgIpc) is 2.29. The Bertz CT molecular complexity index is 384. The van der Waals surface area contributed by atoms with Crippen LogP contribution in [0.2, 0.25) is 0 Å². The fourth-order valence-corrected chi connectivity index (χ4v) is 1.77. The van der Waals surface area contributed by atoms with Gasteiger partial charge in [0.25, 0.3) is 0 Å². The van der Waals surface area contributed by atoms with E-state index in [1.165, 1.54) is 0 Å². The van der Waals surface area contributed by atoms with Gasteiger partial charge in [0.1, 0.15) is 0 Å². The maximum Gasteiger partial charge on any atom is 0.192 e. The normalized spacial score (nSPS) is 20.2. The Labute approximate surface area is 72.4 Å². The second kappa shape index (κ2) is 2.98. The molecule has 0 N–H and O–H groups in total. The lowest BCUT2D eigenvalue weighted by atomic mass is 10.2. The Hall–Kier alpha value is -1.29. The van der Waals surface area contributed by atoms with Crippen LogP contribution in [0, 0.1) is 0 Å². The summed E-state index contributed by atoms with van der Waals surface area (Å²) >= 11 is 0. The lowest BCUT2D eigenvalue weighted by molar-refractivity contribution is 0.683. The smallest absolute Gasteiger partial charge is 0.192 e. The van der Waals surface area contributed by atoms with Crippen LogP contribution in [-0.2, 0) is 11.0 Å². The van der Waals surface area contributed by atoms with Gasteiger partial charge in [0.2, 0.25) is 0 Å². The number of fused-ring (bicyclic) bond motifs is 1. The highest BCUT2D eigenvalue weighted by Crippen LogP contribution is 2.18. The molecule has 0 saturated carbocycles. The van der Waals surface area contributed by atoms with Gasteiger partial charge >= 0.3 is 0 Å². The molecule has 0 aromatic heterocycles. The summed E-state index contributed by atoms with van der Waals surface area (Å²) < 4.78 is 14.9. The Morgan fingerprint density at radius 2 is 2.08 bits per heavy atom. The molecule has 60 valence electrons. The third kappa shape index (κ3) is 1.21. The van der Waals surface area contributed by atoms with E-state index in [2.05, 4.69) is 9.63 Å². The van der Waals surface area contributed by atoms with Crippen molar-refractivity contribution in [2.45, 2.75) is 4.90 Å². The maximum atomic E-state index is 11.3. The summed E-state index contributed by atoms with van der Waals surface area (Å²) in [5.74, 6) is 0. The summed E-state index contributed by atoms with van der Waals surface area (Å²) in [5.41, 5.74) is 0.917. The van der Waals surface area contributed by atoms with Gasteiger partial charge in [0, 0.05) is 0 Å². The molecular weight excluding hydrogens is 172 g/mol. The van der Waals surface area contributed by atoms with Crippen molar-refractivity contribution in [3.05, 3.63) is 36.0 Å². The maximum absolute atomic E-state index is 11.3. The van der Waals surface area contributed by atoms with E-state index in [4.69, 9.17) is 0 Å². The number of benzene rings is 1. The van der Waals surface area contributed by atoms with Crippen LogP contribution in [0.4, 0.5) is 0 Å². The SMILES string of the molecule is O=S1N=NC=Cc2ccccc21. The minimum Gasteiger partial charge on any atom is -0.228 e. The molecule has 1 aromatic rings. The highest BCUT2D eigenvalue weighted by molar-refractivity contribution is 7.83. The molecule has 0 saturated heterocycles. The van der Waals surface area contributed by atoms with Crippen molar-refractivity contribution in [1.82, 2.24) is 0 Å². The quantitative estimate of drug-likeness (QED) is 0.600. The van der Waals surface area contributed by atoms with Crippen molar-refractivity contribution in [3.8, 4) is 0 Å². The molecule has 0 radical (unpaired) electrons. The van der Waals surface area contributed by atoms with E-state index in [1.807, 2.05) is 18.2 Å². The monoisotopic (exact) mass is 178 g/mol. The number of hydrogen-bond acceptors (Lipinski definition) is 2. The minimum absolute atomic E-state index is 0.718. The van der Waals surface area contributed by atoms with Gasteiger partial charge in [0.15, 0.2) is 11.0 Å². The van der Waals surface area contributed by atoms with Gasteiger partial charge in [-0.25, -0.2) is 4.21 Å². The van der Waals surface area contributed by atoms with E-state index in [1.54, 1.807) is 18.3 Å². The first-order valence-electron chi connectivity index (χ1n) is 3.46. The molecule has 12 heavy (non-hydrogen) atoms. The fourth-order valence-electron chi connectivity index (χ4n) is 1.00. The molecule has 1 aromatic carbocycles. The molecule has 0 bridgehead atoms. The minimum atomic E-state index is -1.34. The van der Waals surface area contributed by atoms with Gasteiger partial charge in [-0.3, -0.25) is 0 Å². The van der Waals surface area contributed by atoms with E-state index in [-0.39, 0.29) is 0 Å². The molecule has 3 nitrogen and oxygen atoms in total. The molecule has 1 unspecified atom stereocenters. The number of hydrogen-bond donors (Lipinski definition) is 0. The summed E-state index contributed by atoms with van der Waals surface area (Å²) in [6, 6.07) is 7.41. The van der Waals surface area contributed by atoms with Gasteiger partial charge in [-0.2, -0.15) is 0 Å². The molecule has 1 heterocycles. The summed E-state index contributed by atoms with van der Waals surface area (Å²) in [6.45, 7) is 0.